The number of hydrogen-bond acceptors (Lipinski definition) is 4. The standard InChI is InChI=1S/C14H18N2O2S.ClH/c1-16(14(17)12(15)8-18-2)7-10-9-19-13-6-4-3-5-11(10)13;/h3-6,9,12H,7-8,15H2,1-2H3;1H. The molecule has 1 aromatic carbocycles. The molecule has 0 aliphatic carbocycles. The highest BCUT2D eigenvalue weighted by Gasteiger charge is 2.18. The number of carbonyl (C=O) groups excluding carboxylic acids is 1. The highest BCUT2D eigenvalue weighted by Crippen LogP contribution is 2.26. The molecule has 1 amide bonds. The van der Waals surface area contributed by atoms with Crippen LogP contribution < -0.4 is 5.73 Å². The van der Waals surface area contributed by atoms with Gasteiger partial charge in [-0.3, -0.25) is 4.79 Å². The van der Waals surface area contributed by atoms with Crippen LogP contribution in [0, 0.1) is 0 Å². The first-order valence-electron chi connectivity index (χ1n) is 6.08. The fourth-order valence-corrected chi connectivity index (χ4v) is 2.98. The van der Waals surface area contributed by atoms with Crippen molar-refractivity contribution in [2.75, 3.05) is 20.8 Å². The van der Waals surface area contributed by atoms with Crippen LogP contribution in [0.4, 0.5) is 0 Å². The number of amides is 1. The topological polar surface area (TPSA) is 55.6 Å². The van der Waals surface area contributed by atoms with Gasteiger partial charge in [-0.05, 0) is 22.4 Å². The fraction of sp³-hybridized carbons (Fsp3) is 0.357. The second kappa shape index (κ2) is 7.59. The first-order valence-corrected chi connectivity index (χ1v) is 6.96. The maximum Gasteiger partial charge on any atom is 0.241 e. The number of hydrogen-bond donors (Lipinski definition) is 1. The summed E-state index contributed by atoms with van der Waals surface area (Å²) in [6.45, 7) is 0.813. The van der Waals surface area contributed by atoms with Crippen molar-refractivity contribution in [2.45, 2.75) is 12.6 Å². The molecule has 1 aromatic heterocycles. The van der Waals surface area contributed by atoms with Gasteiger partial charge in [0.25, 0.3) is 0 Å². The number of carbonyl (C=O) groups is 1. The summed E-state index contributed by atoms with van der Waals surface area (Å²) in [5.41, 5.74) is 6.91. The Kier molecular flexibility index (Phi) is 6.42. The van der Waals surface area contributed by atoms with E-state index < -0.39 is 6.04 Å². The molecule has 0 radical (unpaired) electrons. The second-order valence-corrected chi connectivity index (χ2v) is 5.42. The summed E-state index contributed by atoms with van der Waals surface area (Å²) >= 11 is 1.69. The van der Waals surface area contributed by atoms with E-state index in [-0.39, 0.29) is 24.9 Å². The zero-order valence-corrected chi connectivity index (χ0v) is 13.2. The first kappa shape index (κ1) is 16.9. The van der Waals surface area contributed by atoms with Crippen molar-refractivity contribution < 1.29 is 9.53 Å². The van der Waals surface area contributed by atoms with Crippen LogP contribution >= 0.6 is 23.7 Å². The largest absolute Gasteiger partial charge is 0.383 e. The molecule has 0 saturated heterocycles. The Hall–Kier alpha value is -1.14. The molecule has 2 N–H and O–H groups in total. The molecule has 1 heterocycles. The van der Waals surface area contributed by atoms with Gasteiger partial charge in [0.1, 0.15) is 6.04 Å². The van der Waals surface area contributed by atoms with Crippen LogP contribution in [0.1, 0.15) is 5.56 Å². The van der Waals surface area contributed by atoms with Crippen LogP contribution in [0.15, 0.2) is 29.6 Å². The average molecular weight is 315 g/mol. The molecule has 6 heteroatoms. The predicted octanol–water partition coefficient (Wildman–Crippen LogP) is 2.26. The Morgan fingerprint density at radius 1 is 1.45 bits per heavy atom. The molecule has 0 fully saturated rings. The Labute approximate surface area is 128 Å². The number of ether oxygens (including phenoxy) is 1. The maximum atomic E-state index is 12.0. The number of fused-ring (bicyclic) bond motifs is 1. The Bertz CT molecular complexity index is 573. The van der Waals surface area contributed by atoms with Crippen molar-refractivity contribution in [2.24, 2.45) is 5.73 Å². The number of nitrogens with zero attached hydrogens (tertiary/aromatic N) is 1. The smallest absolute Gasteiger partial charge is 0.241 e. The van der Waals surface area contributed by atoms with Crippen molar-refractivity contribution in [3.05, 3.63) is 35.2 Å². The van der Waals surface area contributed by atoms with Gasteiger partial charge in [0, 0.05) is 25.4 Å². The molecule has 2 rings (SSSR count). The van der Waals surface area contributed by atoms with Crippen molar-refractivity contribution in [3.8, 4) is 0 Å². The van der Waals surface area contributed by atoms with Crippen molar-refractivity contribution >= 4 is 39.7 Å². The molecule has 0 aliphatic rings. The molecule has 110 valence electrons. The summed E-state index contributed by atoms with van der Waals surface area (Å²) in [7, 11) is 3.31. The van der Waals surface area contributed by atoms with Crippen LogP contribution in [-0.2, 0) is 16.1 Å². The van der Waals surface area contributed by atoms with Crippen molar-refractivity contribution in [1.29, 1.82) is 0 Å². The molecule has 0 aliphatic heterocycles. The van der Waals surface area contributed by atoms with Crippen LogP contribution in [0.25, 0.3) is 10.1 Å². The summed E-state index contributed by atoms with van der Waals surface area (Å²) in [6, 6.07) is 7.60. The van der Waals surface area contributed by atoms with E-state index >= 15 is 0 Å². The Morgan fingerprint density at radius 3 is 2.85 bits per heavy atom. The van der Waals surface area contributed by atoms with E-state index in [1.54, 1.807) is 30.4 Å². The first-order chi connectivity index (χ1) is 9.13. The van der Waals surface area contributed by atoms with E-state index in [0.717, 1.165) is 5.56 Å². The van der Waals surface area contributed by atoms with Crippen molar-refractivity contribution in [1.82, 2.24) is 4.90 Å². The van der Waals surface area contributed by atoms with Gasteiger partial charge in [-0.1, -0.05) is 18.2 Å². The van der Waals surface area contributed by atoms with Crippen LogP contribution in [0.3, 0.4) is 0 Å². The van der Waals surface area contributed by atoms with E-state index in [9.17, 15) is 4.79 Å². The van der Waals surface area contributed by atoms with Crippen LogP contribution in [-0.4, -0.2) is 37.6 Å². The minimum Gasteiger partial charge on any atom is -0.383 e. The summed E-state index contributed by atoms with van der Waals surface area (Å²) in [4.78, 5) is 13.7. The third kappa shape index (κ3) is 3.70. The summed E-state index contributed by atoms with van der Waals surface area (Å²) in [5, 5.41) is 3.29. The van der Waals surface area contributed by atoms with E-state index in [4.69, 9.17) is 10.5 Å². The molecule has 0 spiro atoms. The molecule has 1 atom stereocenters. The van der Waals surface area contributed by atoms with E-state index in [1.807, 2.05) is 12.1 Å². The summed E-state index contributed by atoms with van der Waals surface area (Å²) in [5.74, 6) is -0.0999. The molecule has 0 bridgehead atoms. The molecule has 4 nitrogen and oxygen atoms in total. The minimum absolute atomic E-state index is 0. The van der Waals surface area contributed by atoms with E-state index in [0.29, 0.717) is 6.54 Å². The van der Waals surface area contributed by atoms with Crippen LogP contribution in [0.5, 0.6) is 0 Å². The van der Waals surface area contributed by atoms with Gasteiger partial charge in [-0.15, -0.1) is 23.7 Å². The van der Waals surface area contributed by atoms with Gasteiger partial charge in [0.15, 0.2) is 0 Å². The Morgan fingerprint density at radius 2 is 2.15 bits per heavy atom. The highest BCUT2D eigenvalue weighted by atomic mass is 35.5. The normalized spacial score (nSPS) is 11.9. The van der Waals surface area contributed by atoms with Gasteiger partial charge in [-0.25, -0.2) is 0 Å². The number of methoxy groups -OCH3 is 1. The summed E-state index contributed by atoms with van der Waals surface area (Å²) in [6.07, 6.45) is 0. The minimum atomic E-state index is -0.597. The molecule has 20 heavy (non-hydrogen) atoms. The number of nitrogens with two attached hydrogens (primary N) is 1. The number of likely N-dealkylation sites (N-methyl/N-ethyl adjacent to an activating group) is 1. The second-order valence-electron chi connectivity index (χ2n) is 4.51. The SMILES string of the molecule is COCC(N)C(=O)N(C)Cc1csc2ccccc12.Cl. The molecule has 2 aromatic rings. The maximum absolute atomic E-state index is 12.0. The van der Waals surface area contributed by atoms with E-state index in [1.165, 1.54) is 10.1 Å². The molecule has 0 saturated carbocycles. The van der Waals surface area contributed by atoms with Gasteiger partial charge in [-0.2, -0.15) is 0 Å². The lowest BCUT2D eigenvalue weighted by Crippen LogP contribution is -2.44. The lowest BCUT2D eigenvalue weighted by Gasteiger charge is -2.20. The van der Waals surface area contributed by atoms with E-state index in [2.05, 4.69) is 17.5 Å². The predicted molar refractivity (Wildman–Crippen MR) is 85.4 cm³/mol. The fourth-order valence-electron chi connectivity index (χ4n) is 2.02. The zero-order chi connectivity index (χ0) is 13.8. The number of thiophene rings is 1. The van der Waals surface area contributed by atoms with Crippen molar-refractivity contribution in [3.63, 3.8) is 0 Å². The third-order valence-electron chi connectivity index (χ3n) is 3.01. The summed E-state index contributed by atoms with van der Waals surface area (Å²) < 4.78 is 6.15. The monoisotopic (exact) mass is 314 g/mol. The molecular weight excluding hydrogens is 296 g/mol. The van der Waals surface area contributed by atoms with Crippen LogP contribution in [0.2, 0.25) is 0 Å². The molecular formula is C14H19ClN2O2S. The third-order valence-corrected chi connectivity index (χ3v) is 4.02. The number of rotatable bonds is 5. The van der Waals surface area contributed by atoms with Gasteiger partial charge in [0.2, 0.25) is 5.91 Å². The quantitative estimate of drug-likeness (QED) is 0.921. The van der Waals surface area contributed by atoms with Gasteiger partial charge >= 0.3 is 0 Å². The zero-order valence-electron chi connectivity index (χ0n) is 11.5. The highest BCUT2D eigenvalue weighted by molar-refractivity contribution is 7.17. The van der Waals surface area contributed by atoms with Gasteiger partial charge in [0.05, 0.1) is 6.61 Å². The Balaban J connectivity index is 0.00000200. The number of halogens is 1. The number of benzene rings is 1. The lowest BCUT2D eigenvalue weighted by molar-refractivity contribution is -0.132. The lowest BCUT2D eigenvalue weighted by atomic mass is 10.1. The molecule has 1 unspecified atom stereocenters. The van der Waals surface area contributed by atoms with Gasteiger partial charge < -0.3 is 15.4 Å². The average Bonchev–Trinajstić information content (AvgIpc) is 2.81.